The lowest BCUT2D eigenvalue weighted by Crippen LogP contribution is -2.46. The van der Waals surface area contributed by atoms with Crippen molar-refractivity contribution in [2.75, 3.05) is 6.61 Å². The second-order valence-electron chi connectivity index (χ2n) is 2.72. The predicted octanol–water partition coefficient (Wildman–Crippen LogP) is 0.790. The minimum atomic E-state index is -0.691. The standard InChI is InChI=1S/C9H13N3O3/c1-2-15-9(14)12-11-8(13)10-7-5-3-4-6-7/h3,5-6H,2,4H2,1H3,(H,12,14)(H2,10,11,13). The second kappa shape index (κ2) is 5.69. The first-order chi connectivity index (χ1) is 7.22. The van der Waals surface area contributed by atoms with Crippen LogP contribution < -0.4 is 16.2 Å². The first-order valence-electron chi connectivity index (χ1n) is 4.59. The lowest BCUT2D eigenvalue weighted by molar-refractivity contribution is 0.147. The lowest BCUT2D eigenvalue weighted by atomic mass is 10.4. The topological polar surface area (TPSA) is 79.5 Å². The summed E-state index contributed by atoms with van der Waals surface area (Å²) in [6.07, 6.45) is 5.66. The Kier molecular flexibility index (Phi) is 4.21. The van der Waals surface area contributed by atoms with Gasteiger partial charge in [-0.05, 0) is 19.4 Å². The summed E-state index contributed by atoms with van der Waals surface area (Å²) in [6.45, 7) is 1.93. The molecule has 1 rings (SSSR count). The molecule has 6 heteroatoms. The Hall–Kier alpha value is -1.98. The Bertz CT molecular complexity index is 310. The number of allylic oxidation sites excluding steroid dienone is 3. The zero-order valence-corrected chi connectivity index (χ0v) is 8.37. The fraction of sp³-hybridized carbons (Fsp3) is 0.333. The number of hydrogen-bond donors (Lipinski definition) is 3. The molecule has 0 radical (unpaired) electrons. The molecule has 0 spiro atoms. The summed E-state index contributed by atoms with van der Waals surface area (Å²) in [6, 6.07) is -0.513. The highest BCUT2D eigenvalue weighted by Crippen LogP contribution is 2.04. The van der Waals surface area contributed by atoms with Crippen molar-refractivity contribution in [1.29, 1.82) is 0 Å². The zero-order valence-electron chi connectivity index (χ0n) is 8.37. The Balaban J connectivity index is 2.18. The van der Waals surface area contributed by atoms with E-state index in [-0.39, 0.29) is 6.61 Å². The van der Waals surface area contributed by atoms with Crippen LogP contribution in [0.4, 0.5) is 9.59 Å². The molecule has 15 heavy (non-hydrogen) atoms. The average Bonchev–Trinajstić information content (AvgIpc) is 2.68. The van der Waals surface area contributed by atoms with Crippen LogP contribution in [0.1, 0.15) is 13.3 Å². The van der Waals surface area contributed by atoms with E-state index < -0.39 is 12.1 Å². The SMILES string of the molecule is CCOC(=O)NNC(=O)NC1=CCC=C1. The van der Waals surface area contributed by atoms with E-state index in [4.69, 9.17) is 0 Å². The minimum absolute atomic E-state index is 0.253. The molecule has 0 saturated heterocycles. The highest BCUT2D eigenvalue weighted by atomic mass is 16.6. The Morgan fingerprint density at radius 2 is 2.27 bits per heavy atom. The third-order valence-corrected chi connectivity index (χ3v) is 1.58. The number of carbonyl (C=O) groups is 2. The normalized spacial score (nSPS) is 13.0. The molecule has 0 fully saturated rings. The molecule has 0 atom stereocenters. The second-order valence-corrected chi connectivity index (χ2v) is 2.72. The number of hydrazine groups is 1. The van der Waals surface area contributed by atoms with E-state index in [1.165, 1.54) is 0 Å². The fourth-order valence-corrected chi connectivity index (χ4v) is 0.988. The Morgan fingerprint density at radius 3 is 2.87 bits per heavy atom. The molecule has 3 amide bonds. The van der Waals surface area contributed by atoms with Crippen LogP contribution in [-0.2, 0) is 4.74 Å². The molecule has 1 aliphatic carbocycles. The highest BCUT2D eigenvalue weighted by Gasteiger charge is 2.05. The van der Waals surface area contributed by atoms with Gasteiger partial charge in [0.25, 0.3) is 0 Å². The molecule has 6 nitrogen and oxygen atoms in total. The monoisotopic (exact) mass is 211 g/mol. The molecule has 1 aliphatic rings. The molecule has 0 aromatic heterocycles. The highest BCUT2D eigenvalue weighted by molar-refractivity contribution is 5.79. The van der Waals surface area contributed by atoms with E-state index in [1.54, 1.807) is 13.0 Å². The number of ether oxygens (including phenoxy) is 1. The molecular weight excluding hydrogens is 198 g/mol. The summed E-state index contributed by atoms with van der Waals surface area (Å²) in [5.41, 5.74) is 4.93. The third-order valence-electron chi connectivity index (χ3n) is 1.58. The van der Waals surface area contributed by atoms with Crippen molar-refractivity contribution in [3.63, 3.8) is 0 Å². The first-order valence-corrected chi connectivity index (χ1v) is 4.59. The van der Waals surface area contributed by atoms with Crippen LogP contribution in [0, 0.1) is 0 Å². The van der Waals surface area contributed by atoms with Gasteiger partial charge < -0.3 is 10.1 Å². The van der Waals surface area contributed by atoms with Crippen LogP contribution in [0.3, 0.4) is 0 Å². The average molecular weight is 211 g/mol. The largest absolute Gasteiger partial charge is 0.449 e. The van der Waals surface area contributed by atoms with Gasteiger partial charge in [0.15, 0.2) is 0 Å². The van der Waals surface area contributed by atoms with Gasteiger partial charge in [0.2, 0.25) is 0 Å². The molecule has 0 aromatic carbocycles. The Labute approximate surface area is 87.3 Å². The maximum Gasteiger partial charge on any atom is 0.426 e. The van der Waals surface area contributed by atoms with Gasteiger partial charge >= 0.3 is 12.1 Å². The number of carbonyl (C=O) groups excluding carboxylic acids is 2. The van der Waals surface area contributed by atoms with Gasteiger partial charge in [-0.25, -0.2) is 20.4 Å². The number of rotatable bonds is 2. The van der Waals surface area contributed by atoms with Crippen LogP contribution in [0.15, 0.2) is 23.9 Å². The molecule has 82 valence electrons. The van der Waals surface area contributed by atoms with Gasteiger partial charge in [0.1, 0.15) is 0 Å². The summed E-state index contributed by atoms with van der Waals surface area (Å²) in [4.78, 5) is 21.9. The fourth-order valence-electron chi connectivity index (χ4n) is 0.988. The molecule has 0 unspecified atom stereocenters. The minimum Gasteiger partial charge on any atom is -0.449 e. The van der Waals surface area contributed by atoms with Crippen LogP contribution in [0.2, 0.25) is 0 Å². The van der Waals surface area contributed by atoms with E-state index >= 15 is 0 Å². The maximum atomic E-state index is 11.1. The van der Waals surface area contributed by atoms with Crippen LogP contribution in [0.5, 0.6) is 0 Å². The quantitative estimate of drug-likeness (QED) is 0.591. The van der Waals surface area contributed by atoms with Crippen molar-refractivity contribution in [3.8, 4) is 0 Å². The van der Waals surface area contributed by atoms with Crippen molar-refractivity contribution in [2.45, 2.75) is 13.3 Å². The van der Waals surface area contributed by atoms with Gasteiger partial charge in [0, 0.05) is 5.70 Å². The van der Waals surface area contributed by atoms with Gasteiger partial charge in [-0.15, -0.1) is 0 Å². The van der Waals surface area contributed by atoms with Crippen LogP contribution >= 0.6 is 0 Å². The summed E-state index contributed by atoms with van der Waals surface area (Å²) in [5, 5.41) is 2.53. The van der Waals surface area contributed by atoms with Gasteiger partial charge in [-0.2, -0.15) is 0 Å². The van der Waals surface area contributed by atoms with Gasteiger partial charge in [-0.3, -0.25) is 0 Å². The van der Waals surface area contributed by atoms with E-state index in [0.717, 1.165) is 6.42 Å². The Morgan fingerprint density at radius 1 is 1.47 bits per heavy atom. The van der Waals surface area contributed by atoms with Crippen LogP contribution in [-0.4, -0.2) is 18.7 Å². The smallest absolute Gasteiger partial charge is 0.426 e. The van der Waals surface area contributed by atoms with E-state index in [0.29, 0.717) is 5.70 Å². The van der Waals surface area contributed by atoms with Gasteiger partial charge in [-0.1, -0.05) is 12.2 Å². The molecule has 0 aliphatic heterocycles. The molecule has 3 N–H and O–H groups in total. The first kappa shape index (κ1) is 11.1. The van der Waals surface area contributed by atoms with E-state index in [9.17, 15) is 9.59 Å². The third kappa shape index (κ3) is 4.17. The van der Waals surface area contributed by atoms with Crippen molar-refractivity contribution in [3.05, 3.63) is 23.9 Å². The number of amides is 3. The molecular formula is C9H13N3O3. The number of urea groups is 1. The van der Waals surface area contributed by atoms with Crippen molar-refractivity contribution in [1.82, 2.24) is 16.2 Å². The predicted molar refractivity (Wildman–Crippen MR) is 53.7 cm³/mol. The molecule has 0 saturated carbocycles. The van der Waals surface area contributed by atoms with E-state index in [2.05, 4.69) is 20.9 Å². The summed E-state index contributed by atoms with van der Waals surface area (Å²) in [7, 11) is 0. The molecule has 0 aromatic rings. The van der Waals surface area contributed by atoms with Crippen LogP contribution in [0.25, 0.3) is 0 Å². The molecule has 0 bridgehead atoms. The van der Waals surface area contributed by atoms with Crippen molar-refractivity contribution in [2.24, 2.45) is 0 Å². The molecule has 0 heterocycles. The zero-order chi connectivity index (χ0) is 11.1. The van der Waals surface area contributed by atoms with Crippen molar-refractivity contribution < 1.29 is 14.3 Å². The number of nitrogens with one attached hydrogen (secondary N) is 3. The summed E-state index contributed by atoms with van der Waals surface area (Å²) < 4.78 is 4.54. The van der Waals surface area contributed by atoms with E-state index in [1.807, 2.05) is 12.2 Å². The maximum absolute atomic E-state index is 11.1. The summed E-state index contributed by atoms with van der Waals surface area (Å²) >= 11 is 0. The summed E-state index contributed by atoms with van der Waals surface area (Å²) in [5.74, 6) is 0. The lowest BCUT2D eigenvalue weighted by Gasteiger charge is -2.08. The number of hydrogen-bond acceptors (Lipinski definition) is 3. The van der Waals surface area contributed by atoms with Crippen molar-refractivity contribution >= 4 is 12.1 Å². The van der Waals surface area contributed by atoms with Gasteiger partial charge in [0.05, 0.1) is 6.61 Å².